The molecule has 1 N–H and O–H groups in total. The minimum Gasteiger partial charge on any atom is -0.507 e. The fourth-order valence-electron chi connectivity index (χ4n) is 3.89. The van der Waals surface area contributed by atoms with Gasteiger partial charge in [0, 0.05) is 25.0 Å². The molecule has 2 heterocycles. The molecule has 1 saturated heterocycles. The summed E-state index contributed by atoms with van der Waals surface area (Å²) in [6.45, 7) is 0.0517. The lowest BCUT2D eigenvalue weighted by Crippen LogP contribution is -2.29. The number of hydrogen-bond acceptors (Lipinski definition) is 6. The lowest BCUT2D eigenvalue weighted by Gasteiger charge is -2.25. The number of aliphatic hydroxyl groups is 1. The molecule has 0 bridgehead atoms. The number of benzene rings is 2. The second-order valence-electron chi connectivity index (χ2n) is 7.41. The van der Waals surface area contributed by atoms with Crippen LogP contribution in [0.5, 0.6) is 11.5 Å². The molecule has 1 amide bonds. The number of hydrogen-bond donors (Lipinski definition) is 1. The minimum absolute atomic E-state index is 0.0517. The number of Topliss-reactive ketones (excluding diaryl/α,β-unsaturated/α-hetero) is 1. The van der Waals surface area contributed by atoms with Crippen molar-refractivity contribution in [3.8, 4) is 11.5 Å². The second kappa shape index (κ2) is 9.12. The molecule has 2 aromatic carbocycles. The van der Waals surface area contributed by atoms with Gasteiger partial charge in [-0.3, -0.25) is 14.6 Å². The third-order valence-corrected chi connectivity index (χ3v) is 5.44. The fraction of sp³-hybridized carbons (Fsp3) is 0.160. The van der Waals surface area contributed by atoms with E-state index >= 15 is 0 Å². The van der Waals surface area contributed by atoms with Crippen LogP contribution in [0, 0.1) is 5.82 Å². The van der Waals surface area contributed by atoms with Crippen LogP contribution < -0.4 is 9.47 Å². The number of carbonyl (C=O) groups is 2. The fourth-order valence-corrected chi connectivity index (χ4v) is 3.89. The summed E-state index contributed by atoms with van der Waals surface area (Å²) in [6.07, 6.45) is 3.17. The van der Waals surface area contributed by atoms with Crippen molar-refractivity contribution in [3.05, 3.63) is 95.1 Å². The van der Waals surface area contributed by atoms with Gasteiger partial charge in [0.15, 0.2) is 0 Å². The number of nitrogens with zero attached hydrogens (tertiary/aromatic N) is 2. The molecule has 1 atom stereocenters. The smallest absolute Gasteiger partial charge is 0.295 e. The Hall–Kier alpha value is -4.20. The van der Waals surface area contributed by atoms with E-state index in [1.54, 1.807) is 42.7 Å². The van der Waals surface area contributed by atoms with Gasteiger partial charge in [0.1, 0.15) is 23.1 Å². The van der Waals surface area contributed by atoms with E-state index < -0.39 is 29.3 Å². The molecule has 0 unspecified atom stereocenters. The Bertz CT molecular complexity index is 1240. The molecule has 0 radical (unpaired) electrons. The van der Waals surface area contributed by atoms with Crippen LogP contribution in [-0.4, -0.2) is 40.9 Å². The lowest BCUT2D eigenvalue weighted by molar-refractivity contribution is -0.140. The predicted molar refractivity (Wildman–Crippen MR) is 118 cm³/mol. The third-order valence-electron chi connectivity index (χ3n) is 5.44. The molecule has 0 spiro atoms. The van der Waals surface area contributed by atoms with Gasteiger partial charge in [-0.15, -0.1) is 0 Å². The molecular weight excluding hydrogens is 427 g/mol. The molecule has 0 saturated carbocycles. The molecule has 4 rings (SSSR count). The lowest BCUT2D eigenvalue weighted by atomic mass is 9.94. The maximum absolute atomic E-state index is 14.1. The van der Waals surface area contributed by atoms with Gasteiger partial charge >= 0.3 is 0 Å². The van der Waals surface area contributed by atoms with Crippen molar-refractivity contribution in [2.75, 3.05) is 14.2 Å². The zero-order valence-corrected chi connectivity index (χ0v) is 18.0. The van der Waals surface area contributed by atoms with Crippen molar-refractivity contribution >= 4 is 17.4 Å². The molecule has 7 nitrogen and oxygen atoms in total. The number of ether oxygens (including phenoxy) is 2. The van der Waals surface area contributed by atoms with Gasteiger partial charge in [-0.2, -0.15) is 0 Å². The Labute approximate surface area is 189 Å². The van der Waals surface area contributed by atoms with E-state index in [9.17, 15) is 19.1 Å². The van der Waals surface area contributed by atoms with E-state index in [1.807, 2.05) is 0 Å². The first-order valence-corrected chi connectivity index (χ1v) is 10.1. The third kappa shape index (κ3) is 4.15. The average Bonchev–Trinajstić information content (AvgIpc) is 3.08. The highest BCUT2D eigenvalue weighted by Gasteiger charge is 2.46. The van der Waals surface area contributed by atoms with Crippen molar-refractivity contribution < 1.29 is 28.6 Å². The number of halogens is 1. The van der Waals surface area contributed by atoms with E-state index in [2.05, 4.69) is 4.98 Å². The van der Waals surface area contributed by atoms with E-state index in [1.165, 1.54) is 43.4 Å². The van der Waals surface area contributed by atoms with Crippen LogP contribution in [0.25, 0.3) is 5.76 Å². The van der Waals surface area contributed by atoms with Crippen molar-refractivity contribution in [1.29, 1.82) is 0 Å². The summed E-state index contributed by atoms with van der Waals surface area (Å²) in [6, 6.07) is 12.8. The molecule has 3 aromatic rings. The van der Waals surface area contributed by atoms with Gasteiger partial charge in [0.2, 0.25) is 0 Å². The molecule has 8 heteroatoms. The minimum atomic E-state index is -1.01. The monoisotopic (exact) mass is 448 g/mol. The van der Waals surface area contributed by atoms with Crippen LogP contribution in [0.3, 0.4) is 0 Å². The maximum atomic E-state index is 14.1. The van der Waals surface area contributed by atoms with Gasteiger partial charge in [-0.1, -0.05) is 18.2 Å². The van der Waals surface area contributed by atoms with E-state index in [-0.39, 0.29) is 23.4 Å². The van der Waals surface area contributed by atoms with Gasteiger partial charge in [0.05, 0.1) is 31.4 Å². The van der Waals surface area contributed by atoms with E-state index in [4.69, 9.17) is 9.47 Å². The summed E-state index contributed by atoms with van der Waals surface area (Å²) < 4.78 is 24.7. The molecule has 1 aliphatic heterocycles. The number of rotatable bonds is 6. The largest absolute Gasteiger partial charge is 0.507 e. The Balaban J connectivity index is 1.90. The van der Waals surface area contributed by atoms with Gasteiger partial charge in [-0.25, -0.2) is 4.39 Å². The first kappa shape index (κ1) is 22.0. The molecule has 1 fully saturated rings. The average molecular weight is 448 g/mol. The Morgan fingerprint density at radius 2 is 1.91 bits per heavy atom. The summed E-state index contributed by atoms with van der Waals surface area (Å²) in [7, 11) is 2.90. The summed E-state index contributed by atoms with van der Waals surface area (Å²) in [4.78, 5) is 31.5. The first-order chi connectivity index (χ1) is 15.9. The SMILES string of the molecule is COc1ccc(C(O)=C2C(=O)C(=O)N(Cc3cccnc3)[C@H]2c2cccc(F)c2)c(OC)c1. The zero-order chi connectivity index (χ0) is 23.5. The van der Waals surface area contributed by atoms with E-state index in [0.29, 0.717) is 16.9 Å². The first-order valence-electron chi connectivity index (χ1n) is 10.1. The maximum Gasteiger partial charge on any atom is 0.295 e. The molecule has 1 aromatic heterocycles. The van der Waals surface area contributed by atoms with Crippen LogP contribution in [0.2, 0.25) is 0 Å². The normalized spacial score (nSPS) is 17.3. The number of methoxy groups -OCH3 is 2. The molecule has 168 valence electrons. The highest BCUT2D eigenvalue weighted by Crippen LogP contribution is 2.42. The Kier molecular flexibility index (Phi) is 6.08. The van der Waals surface area contributed by atoms with Crippen LogP contribution in [0.1, 0.15) is 22.7 Å². The molecular formula is C25H21FN2O5. The van der Waals surface area contributed by atoms with Crippen molar-refractivity contribution in [3.63, 3.8) is 0 Å². The number of likely N-dealkylation sites (tertiary alicyclic amines) is 1. The van der Waals surface area contributed by atoms with Gasteiger partial charge < -0.3 is 19.5 Å². The number of aromatic nitrogens is 1. The number of amides is 1. The highest BCUT2D eigenvalue weighted by molar-refractivity contribution is 6.46. The van der Waals surface area contributed by atoms with Crippen LogP contribution in [-0.2, 0) is 16.1 Å². The molecule has 1 aliphatic rings. The summed E-state index contributed by atoms with van der Waals surface area (Å²) in [5.41, 5.74) is 1.09. The summed E-state index contributed by atoms with van der Waals surface area (Å²) in [5, 5.41) is 11.2. The quantitative estimate of drug-likeness (QED) is 0.350. The van der Waals surface area contributed by atoms with E-state index in [0.717, 1.165) is 0 Å². The number of pyridine rings is 1. The topological polar surface area (TPSA) is 89.0 Å². The van der Waals surface area contributed by atoms with Gasteiger partial charge in [-0.05, 0) is 41.5 Å². The number of ketones is 1. The Morgan fingerprint density at radius 3 is 2.58 bits per heavy atom. The van der Waals surface area contributed by atoms with Crippen LogP contribution in [0.15, 0.2) is 72.6 Å². The predicted octanol–water partition coefficient (Wildman–Crippen LogP) is 3.86. The highest BCUT2D eigenvalue weighted by atomic mass is 19.1. The zero-order valence-electron chi connectivity index (χ0n) is 18.0. The van der Waals surface area contributed by atoms with Crippen molar-refractivity contribution in [1.82, 2.24) is 9.88 Å². The van der Waals surface area contributed by atoms with Crippen molar-refractivity contribution in [2.45, 2.75) is 12.6 Å². The second-order valence-corrected chi connectivity index (χ2v) is 7.41. The summed E-state index contributed by atoms with van der Waals surface area (Å²) >= 11 is 0. The molecule has 0 aliphatic carbocycles. The number of aliphatic hydroxyl groups excluding tert-OH is 1. The Morgan fingerprint density at radius 1 is 1.09 bits per heavy atom. The summed E-state index contributed by atoms with van der Waals surface area (Å²) in [5.74, 6) is -1.88. The van der Waals surface area contributed by atoms with Crippen molar-refractivity contribution in [2.24, 2.45) is 0 Å². The van der Waals surface area contributed by atoms with Crippen LogP contribution in [0.4, 0.5) is 4.39 Å². The van der Waals surface area contributed by atoms with Crippen LogP contribution >= 0.6 is 0 Å². The number of carbonyl (C=O) groups excluding carboxylic acids is 2. The standard InChI is InChI=1S/C25H21FN2O5/c1-32-18-8-9-19(20(12-18)33-2)23(29)21-22(16-6-3-7-17(26)11-16)28(25(31)24(21)30)14-15-5-4-10-27-13-15/h3-13,22,29H,14H2,1-2H3/t22-/m0/s1. The molecule has 33 heavy (non-hydrogen) atoms. The van der Waals surface area contributed by atoms with Gasteiger partial charge in [0.25, 0.3) is 11.7 Å².